The van der Waals surface area contributed by atoms with Crippen LogP contribution >= 0.6 is 0 Å². The molecular formula is C9H13FN2O4. The number of hydrogen-bond donors (Lipinski definition) is 2. The molecule has 0 aliphatic heterocycles. The van der Waals surface area contributed by atoms with E-state index >= 15 is 0 Å². The molecule has 0 unspecified atom stereocenters. The van der Waals surface area contributed by atoms with E-state index in [-0.39, 0.29) is 0 Å². The molecular weight excluding hydrogens is 219 g/mol. The standard InChI is InChI=1S/C9H13FN2O4/c1-6(16-7(4-10)5-13)12-3-2-8(14)11-9(12)15/h2-3,6-7,13H,4-5H2,1H3,(H,11,14,15)/t6-,7+/m1/s1. The van der Waals surface area contributed by atoms with Gasteiger partial charge in [-0.2, -0.15) is 0 Å². The van der Waals surface area contributed by atoms with Crippen LogP contribution in [0, 0.1) is 0 Å². The number of nitrogens with zero attached hydrogens (tertiary/aromatic N) is 1. The third-order valence-corrected chi connectivity index (χ3v) is 2.01. The van der Waals surface area contributed by atoms with Crippen LogP contribution in [0.25, 0.3) is 0 Å². The number of aliphatic hydroxyl groups excluding tert-OH is 1. The van der Waals surface area contributed by atoms with Gasteiger partial charge in [-0.3, -0.25) is 14.3 Å². The summed E-state index contributed by atoms with van der Waals surface area (Å²) in [5.41, 5.74) is -1.16. The second-order valence-electron chi connectivity index (χ2n) is 3.21. The van der Waals surface area contributed by atoms with Gasteiger partial charge in [0.05, 0.1) is 6.61 Å². The highest BCUT2D eigenvalue weighted by molar-refractivity contribution is 4.83. The van der Waals surface area contributed by atoms with Crippen molar-refractivity contribution in [1.82, 2.24) is 9.55 Å². The Morgan fingerprint density at radius 2 is 2.31 bits per heavy atom. The number of alkyl halides is 1. The van der Waals surface area contributed by atoms with E-state index in [1.165, 1.54) is 13.1 Å². The second kappa shape index (κ2) is 5.57. The molecule has 0 saturated carbocycles. The van der Waals surface area contributed by atoms with Gasteiger partial charge in [0.2, 0.25) is 0 Å². The van der Waals surface area contributed by atoms with E-state index in [1.54, 1.807) is 0 Å². The summed E-state index contributed by atoms with van der Waals surface area (Å²) < 4.78 is 18.4. The Kier molecular flexibility index (Phi) is 4.39. The van der Waals surface area contributed by atoms with E-state index in [4.69, 9.17) is 9.84 Å². The Morgan fingerprint density at radius 3 is 2.81 bits per heavy atom. The molecule has 1 aromatic heterocycles. The van der Waals surface area contributed by atoms with Gasteiger partial charge in [-0.25, -0.2) is 9.18 Å². The predicted octanol–water partition coefficient (Wildman–Crippen LogP) is -0.598. The second-order valence-corrected chi connectivity index (χ2v) is 3.21. The summed E-state index contributed by atoms with van der Waals surface area (Å²) in [6.07, 6.45) is -0.496. The number of H-pyrrole nitrogens is 1. The highest BCUT2D eigenvalue weighted by Gasteiger charge is 2.14. The van der Waals surface area contributed by atoms with Crippen LogP contribution in [-0.4, -0.2) is 34.0 Å². The molecule has 0 spiro atoms. The number of halogens is 1. The van der Waals surface area contributed by atoms with Crippen LogP contribution in [0.1, 0.15) is 13.2 Å². The fourth-order valence-electron chi connectivity index (χ4n) is 1.19. The highest BCUT2D eigenvalue weighted by Crippen LogP contribution is 2.07. The van der Waals surface area contributed by atoms with E-state index in [0.717, 1.165) is 10.6 Å². The van der Waals surface area contributed by atoms with Gasteiger partial charge in [0.25, 0.3) is 5.56 Å². The first-order valence-corrected chi connectivity index (χ1v) is 4.72. The van der Waals surface area contributed by atoms with Crippen molar-refractivity contribution in [3.8, 4) is 0 Å². The number of aromatic nitrogens is 2. The quantitative estimate of drug-likeness (QED) is 0.710. The molecule has 1 aromatic rings. The Hall–Kier alpha value is -1.47. The topological polar surface area (TPSA) is 84.3 Å². The first kappa shape index (κ1) is 12.6. The van der Waals surface area contributed by atoms with Gasteiger partial charge in [-0.15, -0.1) is 0 Å². The third kappa shape index (κ3) is 3.01. The van der Waals surface area contributed by atoms with Gasteiger partial charge in [0, 0.05) is 12.3 Å². The zero-order valence-corrected chi connectivity index (χ0v) is 8.72. The van der Waals surface area contributed by atoms with Gasteiger partial charge < -0.3 is 9.84 Å². The monoisotopic (exact) mass is 232 g/mol. The maximum absolute atomic E-state index is 12.3. The maximum atomic E-state index is 12.3. The molecule has 1 heterocycles. The van der Waals surface area contributed by atoms with Gasteiger partial charge in [0.1, 0.15) is 19.0 Å². The fraction of sp³-hybridized carbons (Fsp3) is 0.556. The molecule has 0 amide bonds. The third-order valence-electron chi connectivity index (χ3n) is 2.01. The van der Waals surface area contributed by atoms with Crippen molar-refractivity contribution >= 4 is 0 Å². The molecule has 0 fully saturated rings. The zero-order valence-electron chi connectivity index (χ0n) is 8.72. The summed E-state index contributed by atoms with van der Waals surface area (Å²) in [5.74, 6) is 0. The van der Waals surface area contributed by atoms with Crippen LogP contribution in [-0.2, 0) is 4.74 Å². The molecule has 2 N–H and O–H groups in total. The molecule has 0 aromatic carbocycles. The first-order valence-electron chi connectivity index (χ1n) is 4.72. The molecule has 16 heavy (non-hydrogen) atoms. The number of hydrogen-bond acceptors (Lipinski definition) is 4. The van der Waals surface area contributed by atoms with Crippen LogP contribution in [0.3, 0.4) is 0 Å². The first-order chi connectivity index (χ1) is 7.58. The van der Waals surface area contributed by atoms with Crippen LogP contribution in [0.5, 0.6) is 0 Å². The van der Waals surface area contributed by atoms with Crippen molar-refractivity contribution < 1.29 is 14.2 Å². The SMILES string of the molecule is C[C@@H](O[C@H](CO)CF)n1ccc(=O)[nH]c1=O. The Morgan fingerprint density at radius 1 is 1.62 bits per heavy atom. The number of ether oxygens (including phenoxy) is 1. The minimum absolute atomic E-state index is 0.473. The van der Waals surface area contributed by atoms with Crippen molar-refractivity contribution in [2.75, 3.05) is 13.3 Å². The molecule has 0 bridgehead atoms. The zero-order chi connectivity index (χ0) is 12.1. The molecule has 0 radical (unpaired) electrons. The molecule has 0 saturated heterocycles. The molecule has 0 aliphatic carbocycles. The highest BCUT2D eigenvalue weighted by atomic mass is 19.1. The molecule has 0 aliphatic rings. The van der Waals surface area contributed by atoms with Gasteiger partial charge >= 0.3 is 5.69 Å². The summed E-state index contributed by atoms with van der Waals surface area (Å²) in [6.45, 7) is 0.190. The lowest BCUT2D eigenvalue weighted by Gasteiger charge is -2.19. The van der Waals surface area contributed by atoms with E-state index < -0.39 is 36.9 Å². The van der Waals surface area contributed by atoms with Gasteiger partial charge in [-0.1, -0.05) is 0 Å². The number of nitrogens with one attached hydrogen (secondary N) is 1. The summed E-state index contributed by atoms with van der Waals surface area (Å²) >= 11 is 0. The molecule has 7 heteroatoms. The molecule has 2 atom stereocenters. The average Bonchev–Trinajstić information content (AvgIpc) is 2.25. The Bertz CT molecular complexity index is 438. The van der Waals surface area contributed by atoms with Gasteiger partial charge in [0.15, 0.2) is 0 Å². The minimum atomic E-state index is -0.978. The Labute approximate surface area is 90.3 Å². The predicted molar refractivity (Wildman–Crippen MR) is 54.0 cm³/mol. The summed E-state index contributed by atoms with van der Waals surface area (Å²) in [6, 6.07) is 1.16. The van der Waals surface area contributed by atoms with Crippen LogP contribution in [0.2, 0.25) is 0 Å². The summed E-state index contributed by atoms with van der Waals surface area (Å²) in [5, 5.41) is 8.73. The van der Waals surface area contributed by atoms with Crippen LogP contribution in [0.4, 0.5) is 4.39 Å². The maximum Gasteiger partial charge on any atom is 0.330 e. The van der Waals surface area contributed by atoms with Crippen molar-refractivity contribution in [3.63, 3.8) is 0 Å². The van der Waals surface area contributed by atoms with Crippen LogP contribution < -0.4 is 11.2 Å². The molecule has 1 rings (SSSR count). The molecule has 6 nitrogen and oxygen atoms in total. The van der Waals surface area contributed by atoms with Crippen molar-refractivity contribution in [2.45, 2.75) is 19.3 Å². The lowest BCUT2D eigenvalue weighted by atomic mass is 10.4. The van der Waals surface area contributed by atoms with Crippen molar-refractivity contribution in [1.29, 1.82) is 0 Å². The summed E-state index contributed by atoms with van der Waals surface area (Å²) in [7, 11) is 0. The fourth-order valence-corrected chi connectivity index (χ4v) is 1.19. The minimum Gasteiger partial charge on any atom is -0.394 e. The number of aliphatic hydroxyl groups is 1. The smallest absolute Gasteiger partial charge is 0.330 e. The average molecular weight is 232 g/mol. The van der Waals surface area contributed by atoms with Crippen molar-refractivity contribution in [2.24, 2.45) is 0 Å². The lowest BCUT2D eigenvalue weighted by molar-refractivity contribution is -0.0755. The van der Waals surface area contributed by atoms with E-state index in [0.29, 0.717) is 0 Å². The van der Waals surface area contributed by atoms with Crippen LogP contribution in [0.15, 0.2) is 21.9 Å². The summed E-state index contributed by atoms with van der Waals surface area (Å²) in [4.78, 5) is 24.1. The van der Waals surface area contributed by atoms with Crippen molar-refractivity contribution in [3.05, 3.63) is 33.1 Å². The van der Waals surface area contributed by atoms with Gasteiger partial charge in [-0.05, 0) is 6.92 Å². The number of aromatic amines is 1. The normalized spacial score (nSPS) is 14.7. The number of rotatable bonds is 5. The molecule has 90 valence electrons. The lowest BCUT2D eigenvalue weighted by Crippen LogP contribution is -2.34. The van der Waals surface area contributed by atoms with E-state index in [9.17, 15) is 14.0 Å². The largest absolute Gasteiger partial charge is 0.394 e. The Balaban J connectivity index is 2.84. The van der Waals surface area contributed by atoms with E-state index in [1.807, 2.05) is 4.98 Å². The van der Waals surface area contributed by atoms with E-state index in [2.05, 4.69) is 0 Å².